The lowest BCUT2D eigenvalue weighted by Gasteiger charge is -2.34. The van der Waals surface area contributed by atoms with Crippen LogP contribution in [-0.2, 0) is 11.3 Å². The van der Waals surface area contributed by atoms with Gasteiger partial charge >= 0.3 is 12.0 Å². The zero-order valence-electron chi connectivity index (χ0n) is 15.1. The number of esters is 1. The highest BCUT2D eigenvalue weighted by Gasteiger charge is 2.28. The second-order valence-electron chi connectivity index (χ2n) is 6.50. The van der Waals surface area contributed by atoms with E-state index >= 15 is 0 Å². The molecule has 1 aromatic carbocycles. The summed E-state index contributed by atoms with van der Waals surface area (Å²) in [5.41, 5.74) is 0.446. The third kappa shape index (κ3) is 4.60. The second-order valence-corrected chi connectivity index (χ2v) is 6.50. The number of oxazole rings is 1. The minimum absolute atomic E-state index is 0.0403. The van der Waals surface area contributed by atoms with Crippen LogP contribution in [0.15, 0.2) is 34.9 Å². The van der Waals surface area contributed by atoms with Gasteiger partial charge in [0.1, 0.15) is 6.26 Å². The van der Waals surface area contributed by atoms with Gasteiger partial charge in [0.2, 0.25) is 5.89 Å². The summed E-state index contributed by atoms with van der Waals surface area (Å²) in [6, 6.07) is 8.26. The molecule has 1 N–H and O–H groups in total. The molecule has 0 unspecified atom stereocenters. The van der Waals surface area contributed by atoms with Crippen molar-refractivity contribution in [2.45, 2.75) is 32.9 Å². The first-order valence-electron chi connectivity index (χ1n) is 7.86. The third-order valence-electron chi connectivity index (χ3n) is 3.54. The van der Waals surface area contributed by atoms with E-state index in [0.717, 1.165) is 0 Å². The molecule has 0 spiro atoms. The highest BCUT2D eigenvalue weighted by atomic mass is 16.5. The fourth-order valence-electron chi connectivity index (χ4n) is 2.19. The van der Waals surface area contributed by atoms with Gasteiger partial charge in [0.15, 0.2) is 5.69 Å². The molecule has 26 heavy (non-hydrogen) atoms. The van der Waals surface area contributed by atoms with Crippen molar-refractivity contribution in [3.63, 3.8) is 0 Å². The Hall–Kier alpha value is -3.34. The Kier molecular flexibility index (Phi) is 5.62. The number of rotatable bonds is 4. The van der Waals surface area contributed by atoms with Gasteiger partial charge in [-0.1, -0.05) is 6.07 Å². The number of carbonyl (C=O) groups is 2. The Morgan fingerprint density at radius 2 is 2.12 bits per heavy atom. The van der Waals surface area contributed by atoms with Crippen LogP contribution < -0.4 is 5.32 Å². The first-order valence-corrected chi connectivity index (χ1v) is 7.86. The standard InChI is InChI=1S/C18H20N4O4/c1-18(2,3)22(10-15-21-14(11-26-15)16(23)25-4)17(24)20-13-7-5-6-12(8-13)9-19/h5-8,11H,10H2,1-4H3,(H,20,24). The van der Waals surface area contributed by atoms with E-state index in [0.29, 0.717) is 11.3 Å². The van der Waals surface area contributed by atoms with Crippen LogP contribution >= 0.6 is 0 Å². The number of nitrogens with one attached hydrogen (secondary N) is 1. The van der Waals surface area contributed by atoms with Gasteiger partial charge in [-0.3, -0.25) is 0 Å². The summed E-state index contributed by atoms with van der Waals surface area (Å²) in [6.07, 6.45) is 1.19. The molecule has 0 bridgehead atoms. The van der Waals surface area contributed by atoms with Crippen molar-refractivity contribution in [2.24, 2.45) is 0 Å². The molecule has 0 aliphatic carbocycles. The molecule has 2 rings (SSSR count). The van der Waals surface area contributed by atoms with E-state index in [-0.39, 0.29) is 24.2 Å². The van der Waals surface area contributed by atoms with E-state index in [1.807, 2.05) is 26.8 Å². The van der Waals surface area contributed by atoms with Crippen LogP contribution in [0, 0.1) is 11.3 Å². The predicted molar refractivity (Wildman–Crippen MR) is 93.3 cm³/mol. The maximum atomic E-state index is 12.7. The van der Waals surface area contributed by atoms with Gasteiger partial charge in [0.05, 0.1) is 25.3 Å². The molecular weight excluding hydrogens is 336 g/mol. The quantitative estimate of drug-likeness (QED) is 0.843. The fourth-order valence-corrected chi connectivity index (χ4v) is 2.19. The number of methoxy groups -OCH3 is 1. The van der Waals surface area contributed by atoms with Gasteiger partial charge in [-0.05, 0) is 39.0 Å². The summed E-state index contributed by atoms with van der Waals surface area (Å²) in [7, 11) is 1.25. The Bertz CT molecular complexity index is 845. The number of anilines is 1. The molecule has 136 valence electrons. The predicted octanol–water partition coefficient (Wildman–Crippen LogP) is 3.17. The van der Waals surface area contributed by atoms with Crippen molar-refractivity contribution >= 4 is 17.7 Å². The molecule has 1 aromatic heterocycles. The lowest BCUT2D eigenvalue weighted by atomic mass is 10.1. The fraction of sp³-hybridized carbons (Fsp3) is 0.333. The Morgan fingerprint density at radius 3 is 2.73 bits per heavy atom. The van der Waals surface area contributed by atoms with E-state index in [4.69, 9.17) is 9.68 Å². The molecule has 0 aliphatic rings. The number of urea groups is 1. The number of benzene rings is 1. The summed E-state index contributed by atoms with van der Waals surface area (Å²) < 4.78 is 9.86. The summed E-state index contributed by atoms with van der Waals surface area (Å²) >= 11 is 0. The molecule has 0 aliphatic heterocycles. The van der Waals surface area contributed by atoms with Crippen LogP contribution in [0.1, 0.15) is 42.7 Å². The van der Waals surface area contributed by atoms with Crippen molar-refractivity contribution in [2.75, 3.05) is 12.4 Å². The van der Waals surface area contributed by atoms with Crippen molar-refractivity contribution in [3.05, 3.63) is 47.7 Å². The molecule has 8 nitrogen and oxygen atoms in total. The average molecular weight is 356 g/mol. The number of carbonyl (C=O) groups excluding carboxylic acids is 2. The monoisotopic (exact) mass is 356 g/mol. The molecule has 0 radical (unpaired) electrons. The number of nitriles is 1. The van der Waals surface area contributed by atoms with E-state index in [2.05, 4.69) is 15.0 Å². The highest BCUT2D eigenvalue weighted by Crippen LogP contribution is 2.20. The molecule has 2 amide bonds. The normalized spacial score (nSPS) is 10.7. The van der Waals surface area contributed by atoms with Crippen LogP contribution in [0.25, 0.3) is 0 Å². The first-order chi connectivity index (χ1) is 12.2. The minimum atomic E-state index is -0.611. The van der Waals surface area contributed by atoms with Gasteiger partial charge in [-0.2, -0.15) is 5.26 Å². The Labute approximate surface area is 151 Å². The number of hydrogen-bond acceptors (Lipinski definition) is 6. The molecular formula is C18H20N4O4. The van der Waals surface area contributed by atoms with Gasteiger partial charge in [-0.15, -0.1) is 0 Å². The summed E-state index contributed by atoms with van der Waals surface area (Å²) in [4.78, 5) is 29.8. The summed E-state index contributed by atoms with van der Waals surface area (Å²) in [6.45, 7) is 5.65. The van der Waals surface area contributed by atoms with Crippen LogP contribution in [0.3, 0.4) is 0 Å². The van der Waals surface area contributed by atoms with Crippen molar-refractivity contribution in [3.8, 4) is 6.07 Å². The number of hydrogen-bond donors (Lipinski definition) is 1. The molecule has 0 saturated heterocycles. The molecule has 1 heterocycles. The zero-order chi connectivity index (χ0) is 19.3. The van der Waals surface area contributed by atoms with Crippen molar-refractivity contribution in [1.82, 2.24) is 9.88 Å². The first kappa shape index (κ1) is 19.0. The SMILES string of the molecule is COC(=O)c1coc(CN(C(=O)Nc2cccc(C#N)c2)C(C)(C)C)n1. The number of nitrogens with zero attached hydrogens (tertiary/aromatic N) is 3. The summed E-state index contributed by atoms with van der Waals surface area (Å²) in [5, 5.41) is 11.7. The molecule has 8 heteroatoms. The van der Waals surface area contributed by atoms with Gasteiger partial charge in [-0.25, -0.2) is 14.6 Å². The summed E-state index contributed by atoms with van der Waals surface area (Å²) in [5.74, 6) is -0.402. The highest BCUT2D eigenvalue weighted by molar-refractivity contribution is 5.90. The lowest BCUT2D eigenvalue weighted by Crippen LogP contribution is -2.47. The van der Waals surface area contributed by atoms with E-state index in [1.54, 1.807) is 24.3 Å². The van der Waals surface area contributed by atoms with Crippen LogP contribution in [0.4, 0.5) is 10.5 Å². The second kappa shape index (κ2) is 7.70. The average Bonchev–Trinajstić information content (AvgIpc) is 3.06. The van der Waals surface area contributed by atoms with Crippen LogP contribution in [0.5, 0.6) is 0 Å². The van der Waals surface area contributed by atoms with E-state index in [9.17, 15) is 9.59 Å². The van der Waals surface area contributed by atoms with Crippen molar-refractivity contribution in [1.29, 1.82) is 5.26 Å². The number of aromatic nitrogens is 1. The maximum absolute atomic E-state index is 12.7. The van der Waals surface area contributed by atoms with Gasteiger partial charge in [0.25, 0.3) is 0 Å². The van der Waals surface area contributed by atoms with Gasteiger partial charge in [0, 0.05) is 11.2 Å². The zero-order valence-corrected chi connectivity index (χ0v) is 15.1. The van der Waals surface area contributed by atoms with E-state index < -0.39 is 11.5 Å². The Morgan fingerprint density at radius 1 is 1.38 bits per heavy atom. The number of ether oxygens (including phenoxy) is 1. The van der Waals surface area contributed by atoms with E-state index in [1.165, 1.54) is 18.3 Å². The molecule has 0 fully saturated rings. The minimum Gasteiger partial charge on any atom is -0.464 e. The Balaban J connectivity index is 2.19. The third-order valence-corrected chi connectivity index (χ3v) is 3.54. The van der Waals surface area contributed by atoms with Crippen LogP contribution in [0.2, 0.25) is 0 Å². The van der Waals surface area contributed by atoms with Crippen molar-refractivity contribution < 1.29 is 18.7 Å². The van der Waals surface area contributed by atoms with Crippen LogP contribution in [-0.4, -0.2) is 34.5 Å². The molecule has 0 saturated carbocycles. The number of amides is 2. The largest absolute Gasteiger partial charge is 0.464 e. The van der Waals surface area contributed by atoms with Gasteiger partial charge < -0.3 is 19.4 Å². The molecule has 2 aromatic rings. The molecule has 0 atom stereocenters. The topological polar surface area (TPSA) is 108 Å². The smallest absolute Gasteiger partial charge is 0.360 e. The lowest BCUT2D eigenvalue weighted by molar-refractivity contribution is 0.0594. The maximum Gasteiger partial charge on any atom is 0.360 e.